The Hall–Kier alpha value is -0.0200. The fourth-order valence-electron chi connectivity index (χ4n) is 0.222. The molecule has 1 unspecified atom stereocenters. The zero-order chi connectivity index (χ0) is 7.49. The van der Waals surface area contributed by atoms with E-state index < -0.39 is 13.8 Å². The van der Waals surface area contributed by atoms with E-state index in [9.17, 15) is 4.57 Å². The molecule has 0 heterocycles. The summed E-state index contributed by atoms with van der Waals surface area (Å²) in [6, 6.07) is 0. The van der Waals surface area contributed by atoms with Crippen molar-refractivity contribution in [3.05, 3.63) is 0 Å². The predicted octanol–water partition coefficient (Wildman–Crippen LogP) is 0.390. The van der Waals surface area contributed by atoms with Gasteiger partial charge in [-0.3, -0.25) is 0 Å². The maximum absolute atomic E-state index is 9.92. The average Bonchev–Trinajstić information content (AvgIpc) is 1.59. The summed E-state index contributed by atoms with van der Waals surface area (Å²) in [5, 5.41) is 0. The van der Waals surface area contributed by atoms with Gasteiger partial charge in [-0.15, -0.1) is 9.42 Å². The smallest absolute Gasteiger partial charge is 0.323 e. The van der Waals surface area contributed by atoms with Crippen LogP contribution in [-0.2, 0) is 9.09 Å². The van der Waals surface area contributed by atoms with Crippen LogP contribution < -0.4 is 5.73 Å². The highest BCUT2D eigenvalue weighted by Gasteiger charge is 2.19. The van der Waals surface area contributed by atoms with E-state index in [2.05, 4.69) is 4.52 Å². The van der Waals surface area contributed by atoms with E-state index in [0.717, 1.165) is 0 Å². The van der Waals surface area contributed by atoms with E-state index in [4.69, 9.17) is 10.6 Å². The van der Waals surface area contributed by atoms with Gasteiger partial charge in [0.2, 0.25) is 0 Å². The van der Waals surface area contributed by atoms with Crippen molar-refractivity contribution in [3.8, 4) is 0 Å². The van der Waals surface area contributed by atoms with Crippen LogP contribution in [0, 0.1) is 0 Å². The zero-order valence-corrected chi connectivity index (χ0v) is 6.39. The van der Waals surface area contributed by atoms with Crippen molar-refractivity contribution >= 4 is 8.25 Å². The van der Waals surface area contributed by atoms with Crippen LogP contribution in [0.2, 0.25) is 0 Å². The molecule has 0 radical (unpaired) electrons. The van der Waals surface area contributed by atoms with Crippen LogP contribution in [0.3, 0.4) is 0 Å². The monoisotopic (exact) mass is 152 g/mol. The first-order chi connectivity index (χ1) is 3.92. The van der Waals surface area contributed by atoms with Gasteiger partial charge in [-0.25, -0.2) is 0 Å². The Balaban J connectivity index is 3.39. The van der Waals surface area contributed by atoms with Gasteiger partial charge in [-0.1, -0.05) is 0 Å². The van der Waals surface area contributed by atoms with Crippen molar-refractivity contribution in [1.82, 2.24) is 0 Å². The van der Waals surface area contributed by atoms with Crippen molar-refractivity contribution in [2.45, 2.75) is 19.4 Å². The maximum atomic E-state index is 9.92. The second kappa shape index (κ2) is 3.22. The molecule has 0 spiro atoms. The molecule has 0 amide bonds. The SMILES string of the molecule is CC(C)(N)CO[P+](=O)O. The van der Waals surface area contributed by atoms with Gasteiger partial charge < -0.3 is 5.73 Å². The molecule has 0 fully saturated rings. The van der Waals surface area contributed by atoms with Crippen molar-refractivity contribution in [2.75, 3.05) is 6.61 Å². The topological polar surface area (TPSA) is 72.5 Å². The Labute approximate surface area is 55.0 Å². The van der Waals surface area contributed by atoms with Gasteiger partial charge >= 0.3 is 8.25 Å². The lowest BCUT2D eigenvalue weighted by molar-refractivity contribution is 0.226. The summed E-state index contributed by atoms with van der Waals surface area (Å²) in [7, 11) is -2.49. The van der Waals surface area contributed by atoms with Gasteiger partial charge in [0.25, 0.3) is 0 Å². The fourth-order valence-corrected chi connectivity index (χ4v) is 0.665. The van der Waals surface area contributed by atoms with Crippen LogP contribution in [-0.4, -0.2) is 17.0 Å². The normalized spacial score (nSPS) is 13.6. The molecule has 0 aromatic heterocycles. The first kappa shape index (κ1) is 8.98. The Kier molecular flexibility index (Phi) is 3.22. The van der Waals surface area contributed by atoms with Gasteiger partial charge in [0.05, 0.1) is 0 Å². The fraction of sp³-hybridized carbons (Fsp3) is 1.00. The van der Waals surface area contributed by atoms with Crippen molar-refractivity contribution in [2.24, 2.45) is 5.73 Å². The molecule has 9 heavy (non-hydrogen) atoms. The van der Waals surface area contributed by atoms with Crippen LogP contribution in [0.4, 0.5) is 0 Å². The van der Waals surface area contributed by atoms with Crippen LogP contribution in [0.1, 0.15) is 13.8 Å². The number of hydrogen-bond donors (Lipinski definition) is 2. The minimum absolute atomic E-state index is 0.0959. The molecule has 4 nitrogen and oxygen atoms in total. The lowest BCUT2D eigenvalue weighted by Gasteiger charge is -2.12. The van der Waals surface area contributed by atoms with Crippen LogP contribution >= 0.6 is 8.25 Å². The summed E-state index contributed by atoms with van der Waals surface area (Å²) in [6.07, 6.45) is 0. The Morgan fingerprint density at radius 3 is 2.33 bits per heavy atom. The van der Waals surface area contributed by atoms with Crippen molar-refractivity contribution in [3.63, 3.8) is 0 Å². The molecule has 0 bridgehead atoms. The Bertz CT molecular complexity index is 109. The molecule has 5 heteroatoms. The van der Waals surface area contributed by atoms with E-state index in [1.165, 1.54) is 0 Å². The summed E-state index contributed by atoms with van der Waals surface area (Å²) < 4.78 is 14.3. The van der Waals surface area contributed by atoms with E-state index in [-0.39, 0.29) is 6.61 Å². The lowest BCUT2D eigenvalue weighted by Crippen LogP contribution is -2.36. The molecule has 0 aliphatic carbocycles. The predicted molar refractivity (Wildman–Crippen MR) is 34.0 cm³/mol. The summed E-state index contributed by atoms with van der Waals surface area (Å²) in [4.78, 5) is 8.15. The third-order valence-corrected chi connectivity index (χ3v) is 0.897. The highest BCUT2D eigenvalue weighted by Crippen LogP contribution is 2.16. The number of hydrogen-bond acceptors (Lipinski definition) is 3. The average molecular weight is 152 g/mol. The molecule has 3 N–H and O–H groups in total. The van der Waals surface area contributed by atoms with Crippen LogP contribution in [0.5, 0.6) is 0 Å². The second-order valence-electron chi connectivity index (χ2n) is 2.50. The number of nitrogens with two attached hydrogens (primary N) is 1. The van der Waals surface area contributed by atoms with Gasteiger partial charge in [-0.05, 0) is 13.8 Å². The number of rotatable bonds is 3. The second-order valence-corrected chi connectivity index (χ2v) is 3.23. The lowest BCUT2D eigenvalue weighted by atomic mass is 10.1. The van der Waals surface area contributed by atoms with Gasteiger partial charge in [0, 0.05) is 10.1 Å². The quantitative estimate of drug-likeness (QED) is 0.574. The summed E-state index contributed by atoms with van der Waals surface area (Å²) in [6.45, 7) is 3.52. The standard InChI is InChI=1S/C4H10NO3P/c1-4(2,5)3-8-9(6)7/h3,5H2,1-2H3/p+1. The molecule has 0 aliphatic heterocycles. The molecule has 54 valence electrons. The minimum atomic E-state index is -2.49. The Morgan fingerprint density at radius 1 is 1.78 bits per heavy atom. The van der Waals surface area contributed by atoms with Crippen molar-refractivity contribution in [1.29, 1.82) is 0 Å². The van der Waals surface area contributed by atoms with E-state index in [1.54, 1.807) is 13.8 Å². The van der Waals surface area contributed by atoms with Crippen LogP contribution in [0.15, 0.2) is 0 Å². The van der Waals surface area contributed by atoms with Gasteiger partial charge in [0.1, 0.15) is 6.61 Å². The summed E-state index contributed by atoms with van der Waals surface area (Å²) >= 11 is 0. The molecule has 0 aromatic carbocycles. The van der Waals surface area contributed by atoms with Crippen molar-refractivity contribution < 1.29 is 14.0 Å². The minimum Gasteiger partial charge on any atom is -0.323 e. The third-order valence-electron chi connectivity index (χ3n) is 0.547. The Morgan fingerprint density at radius 2 is 2.22 bits per heavy atom. The van der Waals surface area contributed by atoms with Crippen LogP contribution in [0.25, 0.3) is 0 Å². The van der Waals surface area contributed by atoms with Gasteiger partial charge in [0.15, 0.2) is 0 Å². The van der Waals surface area contributed by atoms with E-state index >= 15 is 0 Å². The first-order valence-electron chi connectivity index (χ1n) is 2.50. The molecule has 0 saturated carbocycles. The van der Waals surface area contributed by atoms with E-state index in [1.807, 2.05) is 0 Å². The molecule has 0 aliphatic rings. The molecular formula is C4H11NO3P+. The highest BCUT2D eigenvalue weighted by molar-refractivity contribution is 7.32. The molecule has 1 atom stereocenters. The summed E-state index contributed by atoms with van der Waals surface area (Å²) in [5.41, 5.74) is 4.89. The molecule has 0 rings (SSSR count). The maximum Gasteiger partial charge on any atom is 0.694 e. The summed E-state index contributed by atoms with van der Waals surface area (Å²) in [5.74, 6) is 0. The zero-order valence-electron chi connectivity index (χ0n) is 5.50. The van der Waals surface area contributed by atoms with Gasteiger partial charge in [-0.2, -0.15) is 0 Å². The molecule has 0 aromatic rings. The molecule has 0 saturated heterocycles. The first-order valence-corrected chi connectivity index (χ1v) is 3.63. The highest BCUT2D eigenvalue weighted by atomic mass is 31.1. The molecular weight excluding hydrogens is 141 g/mol. The largest absolute Gasteiger partial charge is 0.694 e. The van der Waals surface area contributed by atoms with E-state index in [0.29, 0.717) is 0 Å². The third kappa shape index (κ3) is 7.98.